The number of ether oxygens (including phenoxy) is 1. The summed E-state index contributed by atoms with van der Waals surface area (Å²) in [4.78, 5) is 36.3. The summed E-state index contributed by atoms with van der Waals surface area (Å²) in [6.07, 6.45) is 11.0. The maximum atomic E-state index is 13.3. The molecule has 1 atom stereocenters. The first-order chi connectivity index (χ1) is 16.7. The molecule has 0 bridgehead atoms. The number of carbonyl (C=O) groups excluding carboxylic acids is 1. The second-order valence-electron chi connectivity index (χ2n) is 8.35. The summed E-state index contributed by atoms with van der Waals surface area (Å²) < 4.78 is 5.43. The van der Waals surface area contributed by atoms with E-state index in [9.17, 15) is 4.79 Å². The van der Waals surface area contributed by atoms with Crippen LogP contribution in [0.25, 0.3) is 11.5 Å². The van der Waals surface area contributed by atoms with Crippen molar-refractivity contribution < 1.29 is 9.53 Å². The van der Waals surface area contributed by atoms with Gasteiger partial charge in [0, 0.05) is 67.7 Å². The predicted molar refractivity (Wildman–Crippen MR) is 128 cm³/mol. The third-order valence-electron chi connectivity index (χ3n) is 6.18. The standard InChI is InChI=1S/C26H26N6O2/c1-34-22-7-3-2-5-18(22)15-21-9-8-19(16-31-21)26(33)32-14-4-6-20(17-32)23-24(28-11-10-27-23)25-29-12-13-30-25/h2-3,5,7-13,16,20H,4,6,14-15,17H2,1H3,(H,29,30)/t20-/m1/s1. The molecule has 4 aromatic rings. The summed E-state index contributed by atoms with van der Waals surface area (Å²) >= 11 is 0. The lowest BCUT2D eigenvalue weighted by Crippen LogP contribution is -2.39. The Labute approximate surface area is 198 Å². The smallest absolute Gasteiger partial charge is 0.255 e. The van der Waals surface area contributed by atoms with Crippen molar-refractivity contribution in [1.29, 1.82) is 0 Å². The van der Waals surface area contributed by atoms with Crippen LogP contribution in [-0.4, -0.2) is 55.9 Å². The lowest BCUT2D eigenvalue weighted by atomic mass is 9.92. The number of rotatable bonds is 6. The summed E-state index contributed by atoms with van der Waals surface area (Å²) in [5.74, 6) is 1.62. The number of para-hydroxylation sites is 1. The lowest BCUT2D eigenvalue weighted by Gasteiger charge is -2.33. The fourth-order valence-corrected chi connectivity index (χ4v) is 4.49. The van der Waals surface area contributed by atoms with Crippen molar-refractivity contribution in [2.45, 2.75) is 25.2 Å². The molecule has 1 amide bonds. The molecule has 172 valence electrons. The molecule has 1 aromatic carbocycles. The molecule has 0 unspecified atom stereocenters. The van der Waals surface area contributed by atoms with E-state index in [-0.39, 0.29) is 11.8 Å². The van der Waals surface area contributed by atoms with Gasteiger partial charge in [0.05, 0.1) is 18.4 Å². The van der Waals surface area contributed by atoms with Gasteiger partial charge in [0.25, 0.3) is 5.91 Å². The summed E-state index contributed by atoms with van der Waals surface area (Å²) in [5, 5.41) is 0. The molecule has 1 aliphatic heterocycles. The van der Waals surface area contributed by atoms with Crippen LogP contribution in [0.15, 0.2) is 67.4 Å². The van der Waals surface area contributed by atoms with E-state index in [1.165, 1.54) is 0 Å². The third kappa shape index (κ3) is 4.52. The van der Waals surface area contributed by atoms with Gasteiger partial charge in [-0.3, -0.25) is 14.8 Å². The molecule has 5 rings (SSSR count). The molecule has 1 N–H and O–H groups in total. The summed E-state index contributed by atoms with van der Waals surface area (Å²) in [6.45, 7) is 1.31. The zero-order chi connectivity index (χ0) is 23.3. The molecule has 0 saturated carbocycles. The van der Waals surface area contributed by atoms with Gasteiger partial charge in [-0.25, -0.2) is 9.97 Å². The van der Waals surface area contributed by atoms with Crippen molar-refractivity contribution in [2.24, 2.45) is 0 Å². The van der Waals surface area contributed by atoms with E-state index in [2.05, 4.69) is 24.9 Å². The summed E-state index contributed by atoms with van der Waals surface area (Å²) in [5.41, 5.74) is 4.16. The van der Waals surface area contributed by atoms with E-state index in [0.717, 1.165) is 41.2 Å². The number of methoxy groups -OCH3 is 1. The third-order valence-corrected chi connectivity index (χ3v) is 6.18. The second kappa shape index (κ2) is 9.82. The van der Waals surface area contributed by atoms with E-state index in [1.807, 2.05) is 41.3 Å². The van der Waals surface area contributed by atoms with Crippen LogP contribution in [-0.2, 0) is 6.42 Å². The number of benzene rings is 1. The molecule has 1 fully saturated rings. The quantitative estimate of drug-likeness (QED) is 0.475. The van der Waals surface area contributed by atoms with Crippen LogP contribution >= 0.6 is 0 Å². The van der Waals surface area contributed by atoms with Crippen molar-refractivity contribution in [1.82, 2.24) is 29.8 Å². The van der Waals surface area contributed by atoms with Crippen LogP contribution in [0.5, 0.6) is 5.75 Å². The number of pyridine rings is 1. The molecule has 4 heterocycles. The predicted octanol–water partition coefficient (Wildman–Crippen LogP) is 3.88. The highest BCUT2D eigenvalue weighted by atomic mass is 16.5. The average molecular weight is 455 g/mol. The van der Waals surface area contributed by atoms with Gasteiger partial charge >= 0.3 is 0 Å². The number of hydrogen-bond donors (Lipinski definition) is 1. The average Bonchev–Trinajstić information content (AvgIpc) is 3.44. The van der Waals surface area contributed by atoms with Gasteiger partial charge in [0.15, 0.2) is 5.82 Å². The fraction of sp³-hybridized carbons (Fsp3) is 0.269. The number of carbonyl (C=O) groups is 1. The molecule has 0 spiro atoms. The van der Waals surface area contributed by atoms with Gasteiger partial charge in [-0.1, -0.05) is 18.2 Å². The Morgan fingerprint density at radius 3 is 2.76 bits per heavy atom. The van der Waals surface area contributed by atoms with Crippen molar-refractivity contribution >= 4 is 5.91 Å². The molecule has 34 heavy (non-hydrogen) atoms. The number of hydrogen-bond acceptors (Lipinski definition) is 6. The number of aromatic amines is 1. The number of imidazole rings is 1. The molecule has 0 aliphatic carbocycles. The van der Waals surface area contributed by atoms with Crippen LogP contribution < -0.4 is 4.74 Å². The van der Waals surface area contributed by atoms with Crippen LogP contribution in [0.2, 0.25) is 0 Å². The van der Waals surface area contributed by atoms with E-state index >= 15 is 0 Å². The molecule has 8 nitrogen and oxygen atoms in total. The lowest BCUT2D eigenvalue weighted by molar-refractivity contribution is 0.0705. The molecular formula is C26H26N6O2. The molecule has 8 heteroatoms. The minimum absolute atomic E-state index is 0.00974. The first kappa shape index (κ1) is 21.8. The van der Waals surface area contributed by atoms with Crippen molar-refractivity contribution in [3.63, 3.8) is 0 Å². The van der Waals surface area contributed by atoms with Crippen molar-refractivity contribution in [3.8, 4) is 17.3 Å². The number of aromatic nitrogens is 5. The van der Waals surface area contributed by atoms with Crippen molar-refractivity contribution in [3.05, 3.63) is 89.9 Å². The first-order valence-corrected chi connectivity index (χ1v) is 11.4. The van der Waals surface area contributed by atoms with E-state index in [4.69, 9.17) is 4.74 Å². The molecule has 0 radical (unpaired) electrons. The second-order valence-corrected chi connectivity index (χ2v) is 8.35. The number of amides is 1. The Bertz CT molecular complexity index is 1260. The van der Waals surface area contributed by atoms with Gasteiger partial charge in [0.2, 0.25) is 0 Å². The Morgan fingerprint density at radius 2 is 1.97 bits per heavy atom. The van der Waals surface area contributed by atoms with E-state index in [1.54, 1.807) is 38.1 Å². The minimum Gasteiger partial charge on any atom is -0.496 e. The zero-order valence-electron chi connectivity index (χ0n) is 19.0. The molecule has 3 aromatic heterocycles. The topological polar surface area (TPSA) is 96.9 Å². The molecule has 1 aliphatic rings. The van der Waals surface area contributed by atoms with Crippen molar-refractivity contribution in [2.75, 3.05) is 20.2 Å². The van der Waals surface area contributed by atoms with Gasteiger partial charge in [-0.2, -0.15) is 0 Å². The Hall–Kier alpha value is -4.07. The largest absolute Gasteiger partial charge is 0.496 e. The number of piperidine rings is 1. The first-order valence-electron chi connectivity index (χ1n) is 11.4. The Kier molecular flexibility index (Phi) is 6.29. The number of nitrogens with one attached hydrogen (secondary N) is 1. The summed E-state index contributed by atoms with van der Waals surface area (Å²) in [7, 11) is 1.67. The number of likely N-dealkylation sites (tertiary alicyclic amines) is 1. The molecule has 1 saturated heterocycles. The monoisotopic (exact) mass is 454 g/mol. The maximum Gasteiger partial charge on any atom is 0.255 e. The highest BCUT2D eigenvalue weighted by molar-refractivity contribution is 5.94. The molecular weight excluding hydrogens is 428 g/mol. The van der Waals surface area contributed by atoms with Gasteiger partial charge in [0.1, 0.15) is 11.4 Å². The van der Waals surface area contributed by atoms with E-state index in [0.29, 0.717) is 30.9 Å². The van der Waals surface area contributed by atoms with Gasteiger partial charge in [-0.05, 0) is 31.0 Å². The highest BCUT2D eigenvalue weighted by Gasteiger charge is 2.29. The van der Waals surface area contributed by atoms with E-state index < -0.39 is 0 Å². The zero-order valence-corrected chi connectivity index (χ0v) is 19.0. The van der Waals surface area contributed by atoms with Gasteiger partial charge in [-0.15, -0.1) is 0 Å². The van der Waals surface area contributed by atoms with Crippen LogP contribution in [0.3, 0.4) is 0 Å². The summed E-state index contributed by atoms with van der Waals surface area (Å²) in [6, 6.07) is 11.7. The normalized spacial score (nSPS) is 15.8. The number of H-pyrrole nitrogens is 1. The minimum atomic E-state index is -0.00974. The van der Waals surface area contributed by atoms with Gasteiger partial charge < -0.3 is 14.6 Å². The SMILES string of the molecule is COc1ccccc1Cc1ccc(C(=O)N2CCC[C@@H](c3nccnc3-c3ncc[nH]3)C2)cn1. The Morgan fingerprint density at radius 1 is 1.09 bits per heavy atom. The highest BCUT2D eigenvalue weighted by Crippen LogP contribution is 2.31. The fourth-order valence-electron chi connectivity index (χ4n) is 4.49. The van der Waals surface area contributed by atoms with Crippen LogP contribution in [0, 0.1) is 0 Å². The number of nitrogens with zero attached hydrogens (tertiary/aromatic N) is 5. The maximum absolute atomic E-state index is 13.3. The Balaban J connectivity index is 1.30. The van der Waals surface area contributed by atoms with Crippen LogP contribution in [0.4, 0.5) is 0 Å². The van der Waals surface area contributed by atoms with Crippen LogP contribution in [0.1, 0.15) is 46.1 Å².